The molecule has 1 rings (SSSR count). The lowest BCUT2D eigenvalue weighted by atomic mass is 10.00. The van der Waals surface area contributed by atoms with Crippen molar-refractivity contribution < 1.29 is 4.79 Å². The van der Waals surface area contributed by atoms with E-state index < -0.39 is 0 Å². The van der Waals surface area contributed by atoms with Gasteiger partial charge in [-0.3, -0.25) is 4.79 Å². The maximum Gasteiger partial charge on any atom is 0.230 e. The van der Waals surface area contributed by atoms with Gasteiger partial charge in [0.1, 0.15) is 0 Å². The van der Waals surface area contributed by atoms with Crippen LogP contribution in [-0.4, -0.2) is 17.3 Å². The first-order valence-corrected chi connectivity index (χ1v) is 5.71. The van der Waals surface area contributed by atoms with Gasteiger partial charge in [-0.2, -0.15) is 0 Å². The fraction of sp³-hybridized carbons (Fsp3) is 0.889. The third kappa shape index (κ3) is 2.77. The Bertz CT molecular complexity index is 155. The molecule has 1 aliphatic rings. The van der Waals surface area contributed by atoms with Crippen LogP contribution in [-0.2, 0) is 4.79 Å². The lowest BCUT2D eigenvalue weighted by molar-refractivity contribution is -0.119. The molecule has 0 unspecified atom stereocenters. The molecule has 12 heavy (non-hydrogen) atoms. The third-order valence-electron chi connectivity index (χ3n) is 2.62. The number of hydrogen-bond donors (Lipinski definition) is 1. The summed E-state index contributed by atoms with van der Waals surface area (Å²) in [5.41, 5.74) is 0. The smallest absolute Gasteiger partial charge is 0.230 e. The fourth-order valence-electron chi connectivity index (χ4n) is 1.87. The Labute approximate surface area is 82.2 Å². The minimum Gasteiger partial charge on any atom is -0.353 e. The van der Waals surface area contributed by atoms with E-state index in [-0.39, 0.29) is 5.91 Å². The van der Waals surface area contributed by atoms with Crippen molar-refractivity contribution in [3.05, 3.63) is 0 Å². The Morgan fingerprint density at radius 2 is 2.17 bits per heavy atom. The highest BCUT2D eigenvalue weighted by Crippen LogP contribution is 2.27. The van der Waals surface area contributed by atoms with Gasteiger partial charge in [0.25, 0.3) is 0 Å². The first-order chi connectivity index (χ1) is 5.74. The van der Waals surface area contributed by atoms with E-state index in [0.717, 1.165) is 0 Å². The van der Waals surface area contributed by atoms with E-state index in [1.807, 2.05) is 0 Å². The Hall–Kier alpha value is -0.0500. The number of carbonyl (C=O) groups excluding carboxylic acids is 1. The van der Waals surface area contributed by atoms with Gasteiger partial charge < -0.3 is 5.32 Å². The van der Waals surface area contributed by atoms with Crippen LogP contribution < -0.4 is 5.32 Å². The van der Waals surface area contributed by atoms with Gasteiger partial charge in [0.15, 0.2) is 0 Å². The molecule has 1 amide bonds. The van der Waals surface area contributed by atoms with E-state index in [1.165, 1.54) is 25.7 Å². The van der Waals surface area contributed by atoms with Crippen molar-refractivity contribution in [2.75, 3.05) is 5.33 Å². The van der Waals surface area contributed by atoms with Crippen molar-refractivity contribution in [3.8, 4) is 0 Å². The van der Waals surface area contributed by atoms with Gasteiger partial charge in [-0.1, -0.05) is 28.8 Å². The molecule has 0 aromatic carbocycles. The zero-order chi connectivity index (χ0) is 8.97. The second-order valence-corrected chi connectivity index (χ2v) is 4.10. The van der Waals surface area contributed by atoms with Gasteiger partial charge in [-0.25, -0.2) is 0 Å². The molecule has 0 aliphatic heterocycles. The van der Waals surface area contributed by atoms with Crippen LogP contribution in [0.1, 0.15) is 32.6 Å². The highest BCUT2D eigenvalue weighted by molar-refractivity contribution is 9.09. The normalized spacial score (nSPS) is 20.8. The van der Waals surface area contributed by atoms with Gasteiger partial charge >= 0.3 is 0 Å². The molecule has 1 N–H and O–H groups in total. The second-order valence-electron chi connectivity index (χ2n) is 3.53. The number of hydrogen-bond acceptors (Lipinski definition) is 1. The molecule has 3 heteroatoms. The summed E-state index contributed by atoms with van der Waals surface area (Å²) in [6.45, 7) is 2.11. The number of amides is 1. The number of alkyl halides is 1. The van der Waals surface area contributed by atoms with Crippen molar-refractivity contribution in [2.24, 2.45) is 5.92 Å². The van der Waals surface area contributed by atoms with Crippen LogP contribution in [0.2, 0.25) is 0 Å². The average Bonchev–Trinajstić information content (AvgIpc) is 2.56. The average molecular weight is 234 g/mol. The second kappa shape index (κ2) is 4.85. The van der Waals surface area contributed by atoms with Crippen molar-refractivity contribution in [2.45, 2.75) is 38.6 Å². The standard InChI is InChI=1S/C9H16BrNO/c1-7(11-9(12)6-10)8-4-2-3-5-8/h7-8H,2-6H2,1H3,(H,11,12)/t7-/m0/s1. The molecular formula is C9H16BrNO. The molecule has 1 fully saturated rings. The van der Waals surface area contributed by atoms with Gasteiger partial charge in [0, 0.05) is 6.04 Å². The molecule has 70 valence electrons. The van der Waals surface area contributed by atoms with Crippen LogP contribution in [0.5, 0.6) is 0 Å². The predicted molar refractivity (Wildman–Crippen MR) is 53.4 cm³/mol. The molecule has 1 aliphatic carbocycles. The first-order valence-electron chi connectivity index (χ1n) is 4.59. The lowest BCUT2D eigenvalue weighted by Gasteiger charge is -2.19. The number of carbonyl (C=O) groups is 1. The van der Waals surface area contributed by atoms with Crippen LogP contribution in [0.15, 0.2) is 0 Å². The van der Waals surface area contributed by atoms with E-state index in [4.69, 9.17) is 0 Å². The number of nitrogens with one attached hydrogen (secondary N) is 1. The summed E-state index contributed by atoms with van der Waals surface area (Å²) >= 11 is 3.14. The molecule has 0 heterocycles. The zero-order valence-corrected chi connectivity index (χ0v) is 9.06. The van der Waals surface area contributed by atoms with Crippen molar-refractivity contribution >= 4 is 21.8 Å². The molecule has 1 saturated carbocycles. The van der Waals surface area contributed by atoms with Crippen molar-refractivity contribution in [3.63, 3.8) is 0 Å². The van der Waals surface area contributed by atoms with E-state index in [9.17, 15) is 4.79 Å². The third-order valence-corrected chi connectivity index (χ3v) is 3.13. The molecule has 0 spiro atoms. The van der Waals surface area contributed by atoms with E-state index in [0.29, 0.717) is 17.3 Å². The van der Waals surface area contributed by atoms with Crippen LogP contribution in [0.3, 0.4) is 0 Å². The minimum absolute atomic E-state index is 0.106. The molecule has 1 atom stereocenters. The van der Waals surface area contributed by atoms with Gasteiger partial charge in [-0.15, -0.1) is 0 Å². The quantitative estimate of drug-likeness (QED) is 0.744. The Balaban J connectivity index is 2.26. The first kappa shape index (κ1) is 10.0. The molecule has 0 saturated heterocycles. The zero-order valence-electron chi connectivity index (χ0n) is 7.48. The largest absolute Gasteiger partial charge is 0.353 e. The Morgan fingerprint density at radius 1 is 1.58 bits per heavy atom. The molecule has 0 aromatic rings. The molecule has 0 bridgehead atoms. The fourth-order valence-corrected chi connectivity index (χ4v) is 2.03. The van der Waals surface area contributed by atoms with Gasteiger partial charge in [-0.05, 0) is 25.7 Å². The highest BCUT2D eigenvalue weighted by atomic mass is 79.9. The van der Waals surface area contributed by atoms with E-state index >= 15 is 0 Å². The minimum atomic E-state index is 0.106. The summed E-state index contributed by atoms with van der Waals surface area (Å²) in [7, 11) is 0. The van der Waals surface area contributed by atoms with Crippen LogP contribution in [0, 0.1) is 5.92 Å². The molecule has 0 aromatic heterocycles. The van der Waals surface area contributed by atoms with Crippen molar-refractivity contribution in [1.29, 1.82) is 0 Å². The van der Waals surface area contributed by atoms with Gasteiger partial charge in [0.05, 0.1) is 5.33 Å². The van der Waals surface area contributed by atoms with Crippen LogP contribution in [0.25, 0.3) is 0 Å². The van der Waals surface area contributed by atoms with Crippen LogP contribution >= 0.6 is 15.9 Å². The summed E-state index contributed by atoms with van der Waals surface area (Å²) in [6.07, 6.45) is 5.23. The molecular weight excluding hydrogens is 218 g/mol. The summed E-state index contributed by atoms with van der Waals surface area (Å²) < 4.78 is 0. The maximum atomic E-state index is 11.0. The van der Waals surface area contributed by atoms with Crippen molar-refractivity contribution in [1.82, 2.24) is 5.32 Å². The highest BCUT2D eigenvalue weighted by Gasteiger charge is 2.22. The van der Waals surface area contributed by atoms with Crippen LogP contribution in [0.4, 0.5) is 0 Å². The number of rotatable bonds is 3. The van der Waals surface area contributed by atoms with E-state index in [1.54, 1.807) is 0 Å². The topological polar surface area (TPSA) is 29.1 Å². The maximum absolute atomic E-state index is 11.0. The lowest BCUT2D eigenvalue weighted by Crippen LogP contribution is -2.37. The summed E-state index contributed by atoms with van der Waals surface area (Å²) in [4.78, 5) is 11.0. The van der Waals surface area contributed by atoms with E-state index in [2.05, 4.69) is 28.2 Å². The Kier molecular flexibility index (Phi) is 4.06. The summed E-state index contributed by atoms with van der Waals surface area (Å²) in [5.74, 6) is 0.822. The Morgan fingerprint density at radius 3 is 2.67 bits per heavy atom. The summed E-state index contributed by atoms with van der Waals surface area (Å²) in [6, 6.07) is 0.359. The molecule has 2 nitrogen and oxygen atoms in total. The van der Waals surface area contributed by atoms with Gasteiger partial charge in [0.2, 0.25) is 5.91 Å². The summed E-state index contributed by atoms with van der Waals surface area (Å²) in [5, 5.41) is 3.41. The monoisotopic (exact) mass is 233 g/mol. The predicted octanol–water partition coefficient (Wildman–Crippen LogP) is 2.08. The number of halogens is 1. The SMILES string of the molecule is C[C@H](NC(=O)CBr)C1CCCC1. The molecule has 0 radical (unpaired) electrons.